The van der Waals surface area contributed by atoms with Gasteiger partial charge in [0.2, 0.25) is 0 Å². The molecule has 4 rings (SSSR count). The SMILES string of the molecule is Cc1ncncc1C(=O)Nc1ccc(F)c(-c2cn(CC3CC3)nn2)c1. The zero-order valence-electron chi connectivity index (χ0n) is 14.2. The van der Waals surface area contributed by atoms with Gasteiger partial charge in [-0.15, -0.1) is 5.10 Å². The molecule has 7 nitrogen and oxygen atoms in total. The molecule has 0 spiro atoms. The fraction of sp³-hybridized carbons (Fsp3) is 0.278. The Bertz CT molecular complexity index is 966. The van der Waals surface area contributed by atoms with Crippen molar-refractivity contribution in [2.45, 2.75) is 26.3 Å². The molecule has 1 aliphatic rings. The van der Waals surface area contributed by atoms with E-state index in [0.29, 0.717) is 34.1 Å². The number of carbonyl (C=O) groups excluding carboxylic acids is 1. The molecule has 0 radical (unpaired) electrons. The van der Waals surface area contributed by atoms with E-state index >= 15 is 0 Å². The van der Waals surface area contributed by atoms with Crippen LogP contribution in [0.25, 0.3) is 11.3 Å². The zero-order chi connectivity index (χ0) is 18.1. The molecule has 26 heavy (non-hydrogen) atoms. The van der Waals surface area contributed by atoms with E-state index in [9.17, 15) is 9.18 Å². The average Bonchev–Trinajstić information content (AvgIpc) is 3.32. The highest BCUT2D eigenvalue weighted by Crippen LogP contribution is 2.31. The van der Waals surface area contributed by atoms with Crippen molar-refractivity contribution in [3.8, 4) is 11.3 Å². The van der Waals surface area contributed by atoms with Gasteiger partial charge in [-0.1, -0.05) is 5.21 Å². The molecule has 0 aliphatic heterocycles. The smallest absolute Gasteiger partial charge is 0.259 e. The first kappa shape index (κ1) is 16.3. The monoisotopic (exact) mass is 352 g/mol. The Morgan fingerprint density at radius 3 is 3.00 bits per heavy atom. The van der Waals surface area contributed by atoms with Gasteiger partial charge in [0, 0.05) is 24.0 Å². The van der Waals surface area contributed by atoms with E-state index in [0.717, 1.165) is 6.54 Å². The second-order valence-corrected chi connectivity index (χ2v) is 6.44. The van der Waals surface area contributed by atoms with Crippen molar-refractivity contribution in [2.24, 2.45) is 5.92 Å². The Balaban J connectivity index is 1.57. The summed E-state index contributed by atoms with van der Waals surface area (Å²) in [6, 6.07) is 4.36. The summed E-state index contributed by atoms with van der Waals surface area (Å²) in [6.45, 7) is 2.53. The van der Waals surface area contributed by atoms with Gasteiger partial charge < -0.3 is 5.32 Å². The summed E-state index contributed by atoms with van der Waals surface area (Å²) in [4.78, 5) is 20.2. The number of aromatic nitrogens is 5. The summed E-state index contributed by atoms with van der Waals surface area (Å²) in [6.07, 6.45) is 6.97. The Labute approximate surface area is 149 Å². The minimum absolute atomic E-state index is 0.297. The lowest BCUT2D eigenvalue weighted by molar-refractivity contribution is 0.102. The van der Waals surface area contributed by atoms with Gasteiger partial charge in [0.15, 0.2) is 0 Å². The molecule has 1 saturated carbocycles. The van der Waals surface area contributed by atoms with Gasteiger partial charge >= 0.3 is 0 Å². The lowest BCUT2D eigenvalue weighted by Gasteiger charge is -2.08. The molecule has 1 aromatic carbocycles. The minimum Gasteiger partial charge on any atom is -0.322 e. The number of anilines is 1. The Morgan fingerprint density at radius 1 is 1.38 bits per heavy atom. The lowest BCUT2D eigenvalue weighted by Crippen LogP contribution is -2.14. The van der Waals surface area contributed by atoms with E-state index in [1.54, 1.807) is 23.9 Å². The molecule has 0 bridgehead atoms. The maximum absolute atomic E-state index is 14.3. The van der Waals surface area contributed by atoms with Crippen molar-refractivity contribution < 1.29 is 9.18 Å². The summed E-state index contributed by atoms with van der Waals surface area (Å²) >= 11 is 0. The van der Waals surface area contributed by atoms with E-state index < -0.39 is 5.82 Å². The van der Waals surface area contributed by atoms with Crippen LogP contribution in [0.4, 0.5) is 10.1 Å². The first-order valence-corrected chi connectivity index (χ1v) is 8.38. The van der Waals surface area contributed by atoms with Crippen molar-refractivity contribution in [3.05, 3.63) is 54.0 Å². The number of amides is 1. The largest absolute Gasteiger partial charge is 0.322 e. The number of rotatable bonds is 5. The van der Waals surface area contributed by atoms with Crippen LogP contribution in [-0.4, -0.2) is 30.9 Å². The second-order valence-electron chi connectivity index (χ2n) is 6.44. The van der Waals surface area contributed by atoms with Crippen LogP contribution >= 0.6 is 0 Å². The quantitative estimate of drug-likeness (QED) is 0.763. The van der Waals surface area contributed by atoms with Crippen molar-refractivity contribution in [1.29, 1.82) is 0 Å². The molecule has 0 unspecified atom stereocenters. The highest BCUT2D eigenvalue weighted by atomic mass is 19.1. The van der Waals surface area contributed by atoms with E-state index in [1.807, 2.05) is 0 Å². The Kier molecular flexibility index (Phi) is 4.16. The normalized spacial score (nSPS) is 13.6. The third kappa shape index (κ3) is 3.44. The summed E-state index contributed by atoms with van der Waals surface area (Å²) in [7, 11) is 0. The molecule has 1 N–H and O–H groups in total. The van der Waals surface area contributed by atoms with Crippen molar-refractivity contribution >= 4 is 11.6 Å². The Hall–Kier alpha value is -3.16. The highest BCUT2D eigenvalue weighted by Gasteiger charge is 2.22. The number of halogens is 1. The predicted molar refractivity (Wildman–Crippen MR) is 92.9 cm³/mol. The molecule has 0 saturated heterocycles. The number of carbonyl (C=O) groups is 1. The summed E-state index contributed by atoms with van der Waals surface area (Å²) in [5, 5.41) is 10.9. The number of hydrogen-bond acceptors (Lipinski definition) is 5. The average molecular weight is 352 g/mol. The molecule has 2 aromatic heterocycles. The van der Waals surface area contributed by atoms with Gasteiger partial charge in [0.1, 0.15) is 17.8 Å². The first-order chi connectivity index (χ1) is 12.6. The third-order valence-corrected chi connectivity index (χ3v) is 4.34. The number of nitrogens with one attached hydrogen (secondary N) is 1. The zero-order valence-corrected chi connectivity index (χ0v) is 14.2. The number of benzene rings is 1. The van der Waals surface area contributed by atoms with Gasteiger partial charge in [-0.3, -0.25) is 9.48 Å². The number of hydrogen-bond donors (Lipinski definition) is 1. The van der Waals surface area contributed by atoms with E-state index in [2.05, 4.69) is 25.6 Å². The maximum Gasteiger partial charge on any atom is 0.259 e. The van der Waals surface area contributed by atoms with Crippen LogP contribution in [0.5, 0.6) is 0 Å². The van der Waals surface area contributed by atoms with Crippen molar-refractivity contribution in [3.63, 3.8) is 0 Å². The van der Waals surface area contributed by atoms with Gasteiger partial charge in [0.05, 0.1) is 17.5 Å². The molecular weight excluding hydrogens is 335 g/mol. The van der Waals surface area contributed by atoms with Crippen LogP contribution in [0.15, 0.2) is 36.9 Å². The second kappa shape index (κ2) is 6.62. The molecule has 2 heterocycles. The standard InChI is InChI=1S/C18H17FN6O/c1-11-15(7-20-10-21-11)18(26)22-13-4-5-16(19)14(6-13)17-9-25(24-23-17)8-12-2-3-12/h4-7,9-10,12H,2-3,8H2,1H3,(H,22,26). The van der Waals surface area contributed by atoms with E-state index in [4.69, 9.17) is 0 Å². The highest BCUT2D eigenvalue weighted by molar-refractivity contribution is 6.05. The van der Waals surface area contributed by atoms with Crippen LogP contribution < -0.4 is 5.32 Å². The predicted octanol–water partition coefficient (Wildman–Crippen LogP) is 2.84. The third-order valence-electron chi connectivity index (χ3n) is 4.34. The van der Waals surface area contributed by atoms with Gasteiger partial charge in [-0.25, -0.2) is 14.4 Å². The fourth-order valence-corrected chi connectivity index (χ4v) is 2.69. The molecule has 132 valence electrons. The molecule has 3 aromatic rings. The topological polar surface area (TPSA) is 85.6 Å². The minimum atomic E-state index is -0.416. The Morgan fingerprint density at radius 2 is 2.23 bits per heavy atom. The van der Waals surface area contributed by atoms with Gasteiger partial charge in [-0.2, -0.15) is 0 Å². The molecular formula is C18H17FN6O. The maximum atomic E-state index is 14.3. The molecule has 1 amide bonds. The number of aryl methyl sites for hydroxylation is 1. The number of nitrogens with zero attached hydrogens (tertiary/aromatic N) is 5. The van der Waals surface area contributed by atoms with Crippen LogP contribution in [0.3, 0.4) is 0 Å². The van der Waals surface area contributed by atoms with Crippen LogP contribution in [0, 0.1) is 18.7 Å². The summed E-state index contributed by atoms with van der Waals surface area (Å²) in [5.74, 6) is -0.116. The lowest BCUT2D eigenvalue weighted by atomic mass is 10.1. The van der Waals surface area contributed by atoms with E-state index in [1.165, 1.54) is 37.5 Å². The van der Waals surface area contributed by atoms with Crippen molar-refractivity contribution in [1.82, 2.24) is 25.0 Å². The molecule has 0 atom stereocenters. The summed E-state index contributed by atoms with van der Waals surface area (Å²) in [5.41, 5.74) is 2.15. The van der Waals surface area contributed by atoms with Gasteiger partial charge in [0.25, 0.3) is 5.91 Å². The van der Waals surface area contributed by atoms with Gasteiger partial charge in [-0.05, 0) is 43.9 Å². The van der Waals surface area contributed by atoms with Crippen molar-refractivity contribution in [2.75, 3.05) is 5.32 Å². The van der Waals surface area contributed by atoms with Crippen LogP contribution in [-0.2, 0) is 6.54 Å². The molecule has 8 heteroatoms. The van der Waals surface area contributed by atoms with Crippen LogP contribution in [0.1, 0.15) is 28.9 Å². The molecule has 1 aliphatic carbocycles. The summed E-state index contributed by atoms with van der Waals surface area (Å²) < 4.78 is 16.0. The van der Waals surface area contributed by atoms with E-state index in [-0.39, 0.29) is 5.91 Å². The molecule has 1 fully saturated rings. The fourth-order valence-electron chi connectivity index (χ4n) is 2.69. The van der Waals surface area contributed by atoms with Crippen LogP contribution in [0.2, 0.25) is 0 Å². The first-order valence-electron chi connectivity index (χ1n) is 8.38.